The molecule has 0 bridgehead atoms. The molecule has 2 rings (SSSR count). The summed E-state index contributed by atoms with van der Waals surface area (Å²) in [6.45, 7) is 4.83. The number of aromatic amines is 1. The fraction of sp³-hybridized carbons (Fsp3) is 0.400. The predicted octanol–water partition coefficient (Wildman–Crippen LogP) is 3.21. The standard InChI is InChI=1S/C15H20N2O/c1-3-5-6-12-7-9-13(10-8-12)14-11-15(18)17(4-2)16-14/h7-11,16H,3-6H2,1-2H3. The van der Waals surface area contributed by atoms with Crippen LogP contribution < -0.4 is 5.56 Å². The van der Waals surface area contributed by atoms with Crippen LogP contribution in [0.3, 0.4) is 0 Å². The average molecular weight is 244 g/mol. The molecule has 96 valence electrons. The number of hydrogen-bond acceptors (Lipinski definition) is 1. The van der Waals surface area contributed by atoms with Crippen LogP contribution in [0.5, 0.6) is 0 Å². The summed E-state index contributed by atoms with van der Waals surface area (Å²) in [5.41, 5.74) is 3.35. The minimum atomic E-state index is 0.0301. The van der Waals surface area contributed by atoms with E-state index in [0.29, 0.717) is 6.54 Å². The quantitative estimate of drug-likeness (QED) is 0.861. The highest BCUT2D eigenvalue weighted by molar-refractivity contribution is 5.58. The number of hydrogen-bond donors (Lipinski definition) is 1. The lowest BCUT2D eigenvalue weighted by Gasteiger charge is -2.02. The van der Waals surface area contributed by atoms with E-state index >= 15 is 0 Å². The van der Waals surface area contributed by atoms with Crippen LogP contribution in [0.4, 0.5) is 0 Å². The number of aryl methyl sites for hydroxylation is 2. The molecule has 0 atom stereocenters. The molecule has 3 nitrogen and oxygen atoms in total. The third-order valence-corrected chi connectivity index (χ3v) is 3.19. The van der Waals surface area contributed by atoms with Crippen molar-refractivity contribution in [2.45, 2.75) is 39.7 Å². The van der Waals surface area contributed by atoms with Gasteiger partial charge in [0, 0.05) is 12.6 Å². The Morgan fingerprint density at radius 2 is 1.89 bits per heavy atom. The first kappa shape index (κ1) is 12.7. The molecule has 0 radical (unpaired) electrons. The Morgan fingerprint density at radius 1 is 1.17 bits per heavy atom. The number of rotatable bonds is 5. The summed E-state index contributed by atoms with van der Waals surface area (Å²) in [5, 5.41) is 3.11. The van der Waals surface area contributed by atoms with Gasteiger partial charge in [-0.15, -0.1) is 0 Å². The molecule has 18 heavy (non-hydrogen) atoms. The highest BCUT2D eigenvalue weighted by atomic mass is 16.1. The van der Waals surface area contributed by atoms with Crippen molar-refractivity contribution >= 4 is 0 Å². The lowest BCUT2D eigenvalue weighted by molar-refractivity contribution is 0.640. The SMILES string of the molecule is CCCCc1ccc(-c2cc(=O)n(CC)[nH]2)cc1. The largest absolute Gasteiger partial charge is 0.295 e. The van der Waals surface area contributed by atoms with Gasteiger partial charge in [-0.25, -0.2) is 0 Å². The van der Waals surface area contributed by atoms with Gasteiger partial charge in [0.15, 0.2) is 0 Å². The van der Waals surface area contributed by atoms with Crippen LogP contribution in [0.2, 0.25) is 0 Å². The molecule has 0 aliphatic rings. The van der Waals surface area contributed by atoms with Crippen LogP contribution in [0.15, 0.2) is 35.1 Å². The summed E-state index contributed by atoms with van der Waals surface area (Å²) < 4.78 is 1.61. The maximum absolute atomic E-state index is 11.6. The topological polar surface area (TPSA) is 37.8 Å². The molecule has 0 saturated carbocycles. The molecule has 2 aromatic rings. The van der Waals surface area contributed by atoms with E-state index in [9.17, 15) is 4.79 Å². The van der Waals surface area contributed by atoms with Gasteiger partial charge in [-0.2, -0.15) is 0 Å². The highest BCUT2D eigenvalue weighted by Gasteiger charge is 2.03. The molecule has 0 unspecified atom stereocenters. The second kappa shape index (κ2) is 5.71. The Morgan fingerprint density at radius 3 is 2.44 bits per heavy atom. The van der Waals surface area contributed by atoms with Gasteiger partial charge in [0.2, 0.25) is 0 Å². The fourth-order valence-corrected chi connectivity index (χ4v) is 2.05. The maximum atomic E-state index is 11.6. The normalized spacial score (nSPS) is 10.8. The molecule has 0 saturated heterocycles. The van der Waals surface area contributed by atoms with Crippen molar-refractivity contribution in [1.82, 2.24) is 9.78 Å². The van der Waals surface area contributed by atoms with E-state index in [2.05, 4.69) is 36.3 Å². The number of aromatic nitrogens is 2. The van der Waals surface area contributed by atoms with Crippen molar-refractivity contribution in [3.63, 3.8) is 0 Å². The van der Waals surface area contributed by atoms with E-state index in [-0.39, 0.29) is 5.56 Å². The summed E-state index contributed by atoms with van der Waals surface area (Å²) in [7, 11) is 0. The minimum absolute atomic E-state index is 0.0301. The van der Waals surface area contributed by atoms with Crippen LogP contribution in [-0.4, -0.2) is 9.78 Å². The smallest absolute Gasteiger partial charge is 0.267 e. The van der Waals surface area contributed by atoms with Crippen molar-refractivity contribution in [2.75, 3.05) is 0 Å². The first-order chi connectivity index (χ1) is 8.74. The zero-order valence-corrected chi connectivity index (χ0v) is 11.1. The zero-order chi connectivity index (χ0) is 13.0. The van der Waals surface area contributed by atoms with Crippen molar-refractivity contribution < 1.29 is 0 Å². The molecular weight excluding hydrogens is 224 g/mol. The summed E-state index contributed by atoms with van der Waals surface area (Å²) in [6.07, 6.45) is 3.57. The van der Waals surface area contributed by atoms with Gasteiger partial charge in [-0.3, -0.25) is 14.6 Å². The second-order valence-corrected chi connectivity index (χ2v) is 4.55. The Labute approximate surface area is 107 Å². The van der Waals surface area contributed by atoms with Crippen LogP contribution in [-0.2, 0) is 13.0 Å². The van der Waals surface area contributed by atoms with E-state index in [1.54, 1.807) is 10.7 Å². The lowest BCUT2D eigenvalue weighted by Crippen LogP contribution is -2.13. The van der Waals surface area contributed by atoms with Gasteiger partial charge in [-0.1, -0.05) is 37.6 Å². The third-order valence-electron chi connectivity index (χ3n) is 3.19. The first-order valence-corrected chi connectivity index (χ1v) is 6.63. The molecule has 0 spiro atoms. The van der Waals surface area contributed by atoms with Crippen LogP contribution >= 0.6 is 0 Å². The van der Waals surface area contributed by atoms with Gasteiger partial charge in [0.25, 0.3) is 5.56 Å². The van der Waals surface area contributed by atoms with Gasteiger partial charge >= 0.3 is 0 Å². The Balaban J connectivity index is 2.20. The van der Waals surface area contributed by atoms with Gasteiger partial charge in [0.1, 0.15) is 0 Å². The predicted molar refractivity (Wildman–Crippen MR) is 74.8 cm³/mol. The number of benzene rings is 1. The second-order valence-electron chi connectivity index (χ2n) is 4.55. The highest BCUT2D eigenvalue weighted by Crippen LogP contribution is 2.17. The molecule has 0 amide bonds. The van der Waals surface area contributed by atoms with Gasteiger partial charge in [0.05, 0.1) is 5.69 Å². The summed E-state index contributed by atoms with van der Waals surface area (Å²) in [6, 6.07) is 10.1. The number of unbranched alkanes of at least 4 members (excludes halogenated alkanes) is 1. The van der Waals surface area contributed by atoms with Crippen LogP contribution in [0, 0.1) is 0 Å². The van der Waals surface area contributed by atoms with Crippen LogP contribution in [0.25, 0.3) is 11.3 Å². The molecule has 1 aromatic carbocycles. The number of H-pyrrole nitrogens is 1. The first-order valence-electron chi connectivity index (χ1n) is 6.63. The molecule has 1 heterocycles. The van der Waals surface area contributed by atoms with E-state index in [0.717, 1.165) is 17.7 Å². The lowest BCUT2D eigenvalue weighted by atomic mass is 10.1. The zero-order valence-electron chi connectivity index (χ0n) is 11.1. The van der Waals surface area contributed by atoms with Gasteiger partial charge < -0.3 is 0 Å². The van der Waals surface area contributed by atoms with E-state index < -0.39 is 0 Å². The van der Waals surface area contributed by atoms with E-state index in [4.69, 9.17) is 0 Å². The van der Waals surface area contributed by atoms with Crippen molar-refractivity contribution in [2.24, 2.45) is 0 Å². The Kier molecular flexibility index (Phi) is 4.03. The van der Waals surface area contributed by atoms with Crippen LogP contribution in [0.1, 0.15) is 32.3 Å². The van der Waals surface area contributed by atoms with E-state index in [1.165, 1.54) is 18.4 Å². The summed E-state index contributed by atoms with van der Waals surface area (Å²) in [4.78, 5) is 11.6. The molecule has 3 heteroatoms. The Hall–Kier alpha value is -1.77. The third kappa shape index (κ3) is 2.73. The van der Waals surface area contributed by atoms with Crippen molar-refractivity contribution in [1.29, 1.82) is 0 Å². The minimum Gasteiger partial charge on any atom is -0.295 e. The number of nitrogens with one attached hydrogen (secondary N) is 1. The van der Waals surface area contributed by atoms with Crippen molar-refractivity contribution in [3.8, 4) is 11.3 Å². The average Bonchev–Trinajstić information content (AvgIpc) is 2.78. The molecule has 0 aliphatic heterocycles. The number of nitrogens with zero attached hydrogens (tertiary/aromatic N) is 1. The van der Waals surface area contributed by atoms with Crippen molar-refractivity contribution in [3.05, 3.63) is 46.2 Å². The van der Waals surface area contributed by atoms with E-state index in [1.807, 2.05) is 6.92 Å². The molecule has 0 aliphatic carbocycles. The summed E-state index contributed by atoms with van der Waals surface area (Å²) in [5.74, 6) is 0. The van der Waals surface area contributed by atoms with Gasteiger partial charge in [-0.05, 0) is 30.9 Å². The monoisotopic (exact) mass is 244 g/mol. The molecule has 1 N–H and O–H groups in total. The maximum Gasteiger partial charge on any atom is 0.267 e. The molecule has 1 aromatic heterocycles. The fourth-order valence-electron chi connectivity index (χ4n) is 2.05. The summed E-state index contributed by atoms with van der Waals surface area (Å²) >= 11 is 0. The molecule has 0 fully saturated rings. The molecular formula is C15H20N2O. The Bertz CT molecular complexity index is 549.